The van der Waals surface area contributed by atoms with Gasteiger partial charge in [-0.15, -0.1) is 11.8 Å². The number of amides is 1. The highest BCUT2D eigenvalue weighted by molar-refractivity contribution is 8.27. The molecule has 31 heavy (non-hydrogen) atoms. The Kier molecular flexibility index (Phi) is 6.00. The molecule has 0 unspecified atom stereocenters. The van der Waals surface area contributed by atoms with Crippen molar-refractivity contribution in [3.8, 4) is 11.3 Å². The van der Waals surface area contributed by atoms with Crippen molar-refractivity contribution in [3.05, 3.63) is 76.9 Å². The number of thiocarbonyl (C=S) groups is 1. The monoisotopic (exact) mass is 477 g/mol. The van der Waals surface area contributed by atoms with Gasteiger partial charge in [0.1, 0.15) is 11.5 Å². The summed E-state index contributed by atoms with van der Waals surface area (Å²) in [5.74, 6) is 0.358. The van der Waals surface area contributed by atoms with Gasteiger partial charge in [0, 0.05) is 16.5 Å². The van der Waals surface area contributed by atoms with E-state index in [2.05, 4.69) is 0 Å². The standard InChI is InChI=1S/C22H14F3NO2S3/c1-30-17-7-3-6-15(11-17)26-20(27)19(31-21(26)29)12-16-8-9-18(28-16)13-4-2-5-14(10-13)22(23,24)25/h2-12H,1H3/b19-12+. The van der Waals surface area contributed by atoms with Crippen LogP contribution < -0.4 is 4.90 Å². The molecule has 1 saturated heterocycles. The highest BCUT2D eigenvalue weighted by Gasteiger charge is 2.34. The fourth-order valence-electron chi connectivity index (χ4n) is 3.00. The molecule has 2 heterocycles. The van der Waals surface area contributed by atoms with E-state index < -0.39 is 11.7 Å². The third-order valence-corrected chi connectivity index (χ3v) is 6.51. The van der Waals surface area contributed by atoms with Gasteiger partial charge in [-0.2, -0.15) is 13.2 Å². The third-order valence-electron chi connectivity index (χ3n) is 4.48. The SMILES string of the molecule is CSc1cccc(N2C(=O)/C(=C\c3ccc(-c4cccc(C(F)(F)F)c4)o3)SC2=S)c1. The molecule has 4 rings (SSSR count). The van der Waals surface area contributed by atoms with Crippen LogP contribution in [-0.4, -0.2) is 16.5 Å². The van der Waals surface area contributed by atoms with Gasteiger partial charge in [-0.05, 0) is 48.7 Å². The number of rotatable bonds is 4. The second kappa shape index (κ2) is 8.57. The van der Waals surface area contributed by atoms with Crippen molar-refractivity contribution in [1.82, 2.24) is 0 Å². The number of anilines is 1. The summed E-state index contributed by atoms with van der Waals surface area (Å²) in [6.07, 6.45) is -0.940. The Morgan fingerprint density at radius 3 is 2.61 bits per heavy atom. The maximum Gasteiger partial charge on any atom is 0.416 e. The molecule has 1 aliphatic heterocycles. The quantitative estimate of drug-likeness (QED) is 0.228. The summed E-state index contributed by atoms with van der Waals surface area (Å²) in [6.45, 7) is 0. The first-order chi connectivity index (χ1) is 14.8. The zero-order valence-electron chi connectivity index (χ0n) is 16.0. The topological polar surface area (TPSA) is 33.5 Å². The number of furan rings is 1. The second-order valence-electron chi connectivity index (χ2n) is 6.50. The molecule has 0 spiro atoms. The van der Waals surface area contributed by atoms with Crippen LogP contribution >= 0.6 is 35.7 Å². The Balaban J connectivity index is 1.60. The lowest BCUT2D eigenvalue weighted by Gasteiger charge is -2.15. The van der Waals surface area contributed by atoms with Gasteiger partial charge in [0.25, 0.3) is 5.91 Å². The van der Waals surface area contributed by atoms with Crippen LogP contribution in [0.1, 0.15) is 11.3 Å². The van der Waals surface area contributed by atoms with Gasteiger partial charge in [0.05, 0.1) is 16.2 Å². The van der Waals surface area contributed by atoms with Crippen molar-refractivity contribution in [2.24, 2.45) is 0 Å². The Hall–Kier alpha value is -2.49. The lowest BCUT2D eigenvalue weighted by atomic mass is 10.1. The molecule has 1 fully saturated rings. The van der Waals surface area contributed by atoms with Crippen LogP contribution in [-0.2, 0) is 11.0 Å². The zero-order chi connectivity index (χ0) is 22.2. The minimum atomic E-state index is -4.44. The third kappa shape index (κ3) is 4.58. The van der Waals surface area contributed by atoms with Crippen LogP contribution in [0.4, 0.5) is 18.9 Å². The van der Waals surface area contributed by atoms with E-state index in [9.17, 15) is 18.0 Å². The second-order valence-corrected chi connectivity index (χ2v) is 9.05. The number of halogens is 3. The summed E-state index contributed by atoms with van der Waals surface area (Å²) in [6, 6.07) is 15.6. The predicted octanol–water partition coefficient (Wildman–Crippen LogP) is 7.09. The van der Waals surface area contributed by atoms with Crippen molar-refractivity contribution in [3.63, 3.8) is 0 Å². The minimum absolute atomic E-state index is 0.273. The molecule has 2 aromatic carbocycles. The molecule has 158 valence electrons. The van der Waals surface area contributed by atoms with Gasteiger partial charge in [0.15, 0.2) is 4.32 Å². The smallest absolute Gasteiger partial charge is 0.416 e. The number of carbonyl (C=O) groups excluding carboxylic acids is 1. The molecule has 1 aliphatic rings. The van der Waals surface area contributed by atoms with E-state index in [-0.39, 0.29) is 11.7 Å². The summed E-state index contributed by atoms with van der Waals surface area (Å²) in [5.41, 5.74) is 0.231. The van der Waals surface area contributed by atoms with Gasteiger partial charge < -0.3 is 4.42 Å². The summed E-state index contributed by atoms with van der Waals surface area (Å²) in [7, 11) is 0. The van der Waals surface area contributed by atoms with Crippen molar-refractivity contribution >= 4 is 57.7 Å². The number of hydrogen-bond acceptors (Lipinski definition) is 5. The van der Waals surface area contributed by atoms with Crippen LogP contribution in [0.3, 0.4) is 0 Å². The first-order valence-corrected chi connectivity index (χ1v) is 11.4. The molecule has 9 heteroatoms. The van der Waals surface area contributed by atoms with Gasteiger partial charge in [-0.25, -0.2) is 0 Å². The lowest BCUT2D eigenvalue weighted by Crippen LogP contribution is -2.27. The van der Waals surface area contributed by atoms with E-state index in [4.69, 9.17) is 16.6 Å². The number of carbonyl (C=O) groups is 1. The van der Waals surface area contributed by atoms with Gasteiger partial charge in [0.2, 0.25) is 0 Å². The largest absolute Gasteiger partial charge is 0.457 e. The number of nitrogens with zero attached hydrogens (tertiary/aromatic N) is 1. The molecule has 1 amide bonds. The number of benzene rings is 2. The molecule has 1 aromatic heterocycles. The first kappa shape index (κ1) is 21.7. The molecule has 0 saturated carbocycles. The van der Waals surface area contributed by atoms with E-state index in [1.54, 1.807) is 30.0 Å². The molecule has 0 atom stereocenters. The van der Waals surface area contributed by atoms with E-state index in [1.165, 1.54) is 17.0 Å². The molecular formula is C22H14F3NO2S3. The fourth-order valence-corrected chi connectivity index (χ4v) is 4.74. The van der Waals surface area contributed by atoms with Crippen molar-refractivity contribution in [2.45, 2.75) is 11.1 Å². The molecule has 0 bridgehead atoms. The summed E-state index contributed by atoms with van der Waals surface area (Å²) < 4.78 is 45.0. The van der Waals surface area contributed by atoms with Crippen molar-refractivity contribution in [2.75, 3.05) is 11.2 Å². The Morgan fingerprint density at radius 1 is 1.10 bits per heavy atom. The average Bonchev–Trinajstić information content (AvgIpc) is 3.32. The molecule has 0 N–H and O–H groups in total. The first-order valence-electron chi connectivity index (χ1n) is 8.96. The highest BCUT2D eigenvalue weighted by Crippen LogP contribution is 2.38. The Labute approximate surface area is 190 Å². The van der Waals surface area contributed by atoms with Crippen LogP contribution in [0, 0.1) is 0 Å². The summed E-state index contributed by atoms with van der Waals surface area (Å²) in [5, 5.41) is 0. The number of thioether (sulfide) groups is 2. The molecule has 0 aliphatic carbocycles. The van der Waals surface area contributed by atoms with Crippen LogP contribution in [0.2, 0.25) is 0 Å². The number of alkyl halides is 3. The Bertz CT molecular complexity index is 1200. The minimum Gasteiger partial charge on any atom is -0.457 e. The van der Waals surface area contributed by atoms with E-state index in [0.29, 0.717) is 26.2 Å². The summed E-state index contributed by atoms with van der Waals surface area (Å²) in [4.78, 5) is 15.8. The van der Waals surface area contributed by atoms with Gasteiger partial charge >= 0.3 is 6.18 Å². The number of hydrogen-bond donors (Lipinski definition) is 0. The maximum absolute atomic E-state index is 13.0. The fraction of sp³-hybridized carbons (Fsp3) is 0.0909. The van der Waals surface area contributed by atoms with Gasteiger partial charge in [-0.3, -0.25) is 9.69 Å². The van der Waals surface area contributed by atoms with E-state index >= 15 is 0 Å². The Morgan fingerprint density at radius 2 is 1.87 bits per heavy atom. The zero-order valence-corrected chi connectivity index (χ0v) is 18.4. The molecule has 0 radical (unpaired) electrons. The van der Waals surface area contributed by atoms with Crippen molar-refractivity contribution in [1.29, 1.82) is 0 Å². The normalized spacial score (nSPS) is 15.9. The molecule has 3 aromatic rings. The van der Waals surface area contributed by atoms with Crippen LogP contribution in [0.5, 0.6) is 0 Å². The maximum atomic E-state index is 13.0. The van der Waals surface area contributed by atoms with Crippen molar-refractivity contribution < 1.29 is 22.4 Å². The van der Waals surface area contributed by atoms with Crippen LogP contribution in [0.15, 0.2) is 74.9 Å². The van der Waals surface area contributed by atoms with Crippen LogP contribution in [0.25, 0.3) is 17.4 Å². The predicted molar refractivity (Wildman–Crippen MR) is 123 cm³/mol. The lowest BCUT2D eigenvalue weighted by molar-refractivity contribution is -0.137. The van der Waals surface area contributed by atoms with Gasteiger partial charge in [-0.1, -0.05) is 42.2 Å². The highest BCUT2D eigenvalue weighted by atomic mass is 32.2. The molecule has 3 nitrogen and oxygen atoms in total. The van der Waals surface area contributed by atoms with E-state index in [1.807, 2.05) is 30.5 Å². The van der Waals surface area contributed by atoms with E-state index in [0.717, 1.165) is 28.8 Å². The molecular weight excluding hydrogens is 463 g/mol. The summed E-state index contributed by atoms with van der Waals surface area (Å²) >= 11 is 8.10. The average molecular weight is 478 g/mol.